The third-order valence-electron chi connectivity index (χ3n) is 1.78. The monoisotopic (exact) mass is 226 g/mol. The van der Waals surface area contributed by atoms with Crippen LogP contribution in [0.25, 0.3) is 10.8 Å². The summed E-state index contributed by atoms with van der Waals surface area (Å²) in [5.74, 6) is 0.287. The number of hydrogen-bond acceptors (Lipinski definition) is 7. The lowest BCUT2D eigenvalue weighted by Crippen LogP contribution is -1.98. The Balaban J connectivity index is 2.50. The second-order valence-corrected chi connectivity index (χ2v) is 3.71. The molecule has 0 aliphatic rings. The molecule has 0 saturated carbocycles. The molecule has 2 heterocycles. The Bertz CT molecular complexity index is 517. The van der Waals surface area contributed by atoms with E-state index in [9.17, 15) is 10.1 Å². The molecule has 15 heavy (non-hydrogen) atoms. The van der Waals surface area contributed by atoms with Crippen LogP contribution in [-0.4, -0.2) is 24.7 Å². The van der Waals surface area contributed by atoms with Crippen LogP contribution >= 0.6 is 11.3 Å². The molecule has 2 aromatic heterocycles. The molecule has 2 N–H and O–H groups in total. The van der Waals surface area contributed by atoms with E-state index in [1.807, 2.05) is 0 Å². The lowest BCUT2D eigenvalue weighted by atomic mass is 10.6. The first-order valence-electron chi connectivity index (χ1n) is 3.85. The molecule has 0 fully saturated rings. The average Bonchev–Trinajstić information content (AvgIpc) is 2.71. The number of aromatic nitrogens is 4. The molecule has 0 atom stereocenters. The van der Waals surface area contributed by atoms with Gasteiger partial charge in [0.05, 0.1) is 7.05 Å². The molecule has 0 bridgehead atoms. The number of hydrogen-bond donors (Lipinski definition) is 1. The minimum atomic E-state index is -0.513. The lowest BCUT2D eigenvalue weighted by Gasteiger charge is -1.94. The van der Waals surface area contributed by atoms with Crippen molar-refractivity contribution in [1.29, 1.82) is 0 Å². The summed E-state index contributed by atoms with van der Waals surface area (Å²) in [6.07, 6.45) is 1.17. The summed E-state index contributed by atoms with van der Waals surface area (Å²) in [5, 5.41) is 18.7. The zero-order valence-electron chi connectivity index (χ0n) is 7.62. The highest BCUT2D eigenvalue weighted by Crippen LogP contribution is 2.25. The van der Waals surface area contributed by atoms with Gasteiger partial charge in [-0.25, -0.2) is 9.55 Å². The highest BCUT2D eigenvalue weighted by atomic mass is 32.1. The molecule has 0 aliphatic heterocycles. The van der Waals surface area contributed by atoms with Gasteiger partial charge in [-0.1, -0.05) is 11.3 Å². The Kier molecular flexibility index (Phi) is 2.08. The van der Waals surface area contributed by atoms with Crippen molar-refractivity contribution < 1.29 is 4.92 Å². The molecule has 2 rings (SSSR count). The maximum absolute atomic E-state index is 10.6. The smallest absolute Gasteiger partial charge is 0.342 e. The van der Waals surface area contributed by atoms with E-state index in [4.69, 9.17) is 5.73 Å². The van der Waals surface area contributed by atoms with E-state index in [0.717, 1.165) is 11.3 Å². The lowest BCUT2D eigenvalue weighted by molar-refractivity contribution is -0.391. The van der Waals surface area contributed by atoms with Crippen LogP contribution in [-0.2, 0) is 7.05 Å². The van der Waals surface area contributed by atoms with Gasteiger partial charge in [0, 0.05) is 0 Å². The molecular weight excluding hydrogens is 220 g/mol. The second kappa shape index (κ2) is 3.28. The first-order valence-corrected chi connectivity index (χ1v) is 4.66. The van der Waals surface area contributed by atoms with Crippen LogP contribution in [0.15, 0.2) is 6.20 Å². The van der Waals surface area contributed by atoms with Crippen LogP contribution in [0.1, 0.15) is 0 Å². The maximum atomic E-state index is 10.6. The summed E-state index contributed by atoms with van der Waals surface area (Å²) >= 11 is 1.13. The molecule has 0 spiro atoms. The van der Waals surface area contributed by atoms with Gasteiger partial charge in [0.1, 0.15) is 6.20 Å². The molecule has 8 nitrogen and oxygen atoms in total. The Morgan fingerprint density at radius 1 is 1.60 bits per heavy atom. The summed E-state index contributed by atoms with van der Waals surface area (Å²) < 4.78 is 1.33. The van der Waals surface area contributed by atoms with E-state index in [-0.39, 0.29) is 5.82 Å². The van der Waals surface area contributed by atoms with Crippen LogP contribution < -0.4 is 5.73 Å². The van der Waals surface area contributed by atoms with Crippen molar-refractivity contribution >= 4 is 22.3 Å². The molecule has 0 saturated heterocycles. The first-order chi connectivity index (χ1) is 7.09. The number of nitrogens with zero attached hydrogens (tertiary/aromatic N) is 5. The van der Waals surface area contributed by atoms with E-state index >= 15 is 0 Å². The average molecular weight is 226 g/mol. The van der Waals surface area contributed by atoms with Crippen molar-refractivity contribution in [3.8, 4) is 10.8 Å². The Morgan fingerprint density at radius 3 is 2.80 bits per heavy atom. The number of nitrogen functional groups attached to an aromatic ring is 1. The summed E-state index contributed by atoms with van der Waals surface area (Å²) in [5.41, 5.74) is 5.41. The fraction of sp³-hybridized carbons (Fsp3) is 0.167. The molecule has 0 radical (unpaired) electrons. The first kappa shape index (κ1) is 9.52. The molecule has 0 aliphatic carbocycles. The van der Waals surface area contributed by atoms with Gasteiger partial charge in [0.25, 0.3) is 5.82 Å². The molecule has 9 heteroatoms. The summed E-state index contributed by atoms with van der Waals surface area (Å²) in [4.78, 5) is 13.9. The number of nitro groups is 1. The summed E-state index contributed by atoms with van der Waals surface area (Å²) in [7, 11) is 1.54. The molecular formula is C6H6N6O2S. The van der Waals surface area contributed by atoms with Crippen molar-refractivity contribution in [2.45, 2.75) is 0 Å². The van der Waals surface area contributed by atoms with Gasteiger partial charge in [-0.15, -0.1) is 10.2 Å². The maximum Gasteiger partial charge on any atom is 0.342 e. The quantitative estimate of drug-likeness (QED) is 0.586. The molecule has 78 valence electrons. The van der Waals surface area contributed by atoms with Crippen LogP contribution in [0.2, 0.25) is 0 Å². The Labute approximate surface area is 87.5 Å². The number of nitrogens with two attached hydrogens (primary N) is 1. The van der Waals surface area contributed by atoms with Gasteiger partial charge in [-0.3, -0.25) is 0 Å². The van der Waals surface area contributed by atoms with Crippen molar-refractivity contribution in [2.24, 2.45) is 7.05 Å². The van der Waals surface area contributed by atoms with Crippen LogP contribution in [0.4, 0.5) is 10.9 Å². The van der Waals surface area contributed by atoms with Gasteiger partial charge in [0.2, 0.25) is 10.1 Å². The van der Waals surface area contributed by atoms with E-state index in [0.29, 0.717) is 16.0 Å². The highest BCUT2D eigenvalue weighted by Gasteiger charge is 2.20. The zero-order chi connectivity index (χ0) is 11.0. The van der Waals surface area contributed by atoms with E-state index in [1.54, 1.807) is 0 Å². The third kappa shape index (κ3) is 1.52. The molecule has 0 aromatic carbocycles. The van der Waals surface area contributed by atoms with Crippen LogP contribution in [0, 0.1) is 10.1 Å². The van der Waals surface area contributed by atoms with Gasteiger partial charge in [0.15, 0.2) is 0 Å². The number of imidazole rings is 1. The van der Waals surface area contributed by atoms with Crippen molar-refractivity contribution in [2.75, 3.05) is 5.73 Å². The summed E-state index contributed by atoms with van der Waals surface area (Å²) in [6.45, 7) is 0. The minimum absolute atomic E-state index is 0.0984. The van der Waals surface area contributed by atoms with Gasteiger partial charge < -0.3 is 15.8 Å². The molecule has 0 amide bonds. The van der Waals surface area contributed by atoms with E-state index in [2.05, 4.69) is 15.2 Å². The van der Waals surface area contributed by atoms with Gasteiger partial charge >= 0.3 is 5.82 Å². The normalized spacial score (nSPS) is 10.5. The van der Waals surface area contributed by atoms with Crippen LogP contribution in [0.5, 0.6) is 0 Å². The summed E-state index contributed by atoms with van der Waals surface area (Å²) in [6, 6.07) is 0. The van der Waals surface area contributed by atoms with Crippen molar-refractivity contribution in [3.63, 3.8) is 0 Å². The predicted molar refractivity (Wildman–Crippen MR) is 53.2 cm³/mol. The highest BCUT2D eigenvalue weighted by molar-refractivity contribution is 7.18. The third-order valence-corrected chi connectivity index (χ3v) is 2.53. The standard InChI is InChI=1S/C6H6N6O2S/c1-11-3(12(13)14)2-8-4(11)5-9-10-6(7)15-5/h2H,1H3,(H2,7,10). The Morgan fingerprint density at radius 2 is 2.33 bits per heavy atom. The second-order valence-electron chi connectivity index (χ2n) is 2.70. The number of anilines is 1. The largest absolute Gasteiger partial charge is 0.374 e. The van der Waals surface area contributed by atoms with E-state index in [1.165, 1.54) is 17.8 Å². The Hall–Kier alpha value is -2.03. The van der Waals surface area contributed by atoms with Crippen molar-refractivity contribution in [3.05, 3.63) is 16.3 Å². The topological polar surface area (TPSA) is 113 Å². The van der Waals surface area contributed by atoms with E-state index < -0.39 is 4.92 Å². The van der Waals surface area contributed by atoms with Crippen LogP contribution in [0.3, 0.4) is 0 Å². The fourth-order valence-electron chi connectivity index (χ4n) is 1.09. The van der Waals surface area contributed by atoms with Gasteiger partial charge in [-0.05, 0) is 4.92 Å². The molecule has 0 unspecified atom stereocenters. The fourth-order valence-corrected chi connectivity index (χ4v) is 1.74. The SMILES string of the molecule is Cn1c([N+](=O)[O-])cnc1-c1nnc(N)s1. The number of rotatable bonds is 2. The minimum Gasteiger partial charge on any atom is -0.374 e. The van der Waals surface area contributed by atoms with Gasteiger partial charge in [-0.2, -0.15) is 0 Å². The predicted octanol–water partition coefficient (Wildman–Crippen LogP) is 0.429. The van der Waals surface area contributed by atoms with Crippen molar-refractivity contribution in [1.82, 2.24) is 19.7 Å². The molecule has 2 aromatic rings. The zero-order valence-corrected chi connectivity index (χ0v) is 8.43.